The number of nitrogens with one attached hydrogen (secondary N) is 2. The number of rotatable bonds is 5. The molecule has 4 heterocycles. The molecule has 0 aromatic carbocycles. The highest BCUT2D eigenvalue weighted by atomic mass is 15.3. The van der Waals surface area contributed by atoms with Crippen LogP contribution in [0.5, 0.6) is 0 Å². The quantitative estimate of drug-likeness (QED) is 0.841. The van der Waals surface area contributed by atoms with Gasteiger partial charge in [-0.3, -0.25) is 0 Å². The van der Waals surface area contributed by atoms with Crippen molar-refractivity contribution in [1.82, 2.24) is 25.0 Å². The summed E-state index contributed by atoms with van der Waals surface area (Å²) in [5.74, 6) is 2.82. The minimum atomic E-state index is 0.552. The first-order chi connectivity index (χ1) is 12.3. The number of anilines is 2. The van der Waals surface area contributed by atoms with Gasteiger partial charge in [-0.15, -0.1) is 0 Å². The Morgan fingerprint density at radius 3 is 2.96 bits per heavy atom. The van der Waals surface area contributed by atoms with Crippen LogP contribution < -0.4 is 15.5 Å². The lowest BCUT2D eigenvalue weighted by atomic mass is 10.1. The van der Waals surface area contributed by atoms with Crippen LogP contribution in [0.1, 0.15) is 5.56 Å². The fourth-order valence-electron chi connectivity index (χ4n) is 3.61. The van der Waals surface area contributed by atoms with Crippen LogP contribution in [0.15, 0.2) is 30.6 Å². The Labute approximate surface area is 149 Å². The molecule has 0 bridgehead atoms. The molecule has 7 heteroatoms. The Morgan fingerprint density at radius 2 is 2.08 bits per heavy atom. The van der Waals surface area contributed by atoms with E-state index < -0.39 is 0 Å². The van der Waals surface area contributed by atoms with Crippen molar-refractivity contribution in [3.05, 3.63) is 36.2 Å². The van der Waals surface area contributed by atoms with E-state index in [1.54, 1.807) is 0 Å². The first kappa shape index (κ1) is 16.4. The maximum absolute atomic E-state index is 4.66. The molecule has 134 valence electrons. The molecule has 0 amide bonds. The highest BCUT2D eigenvalue weighted by Crippen LogP contribution is 2.19. The zero-order valence-electron chi connectivity index (χ0n) is 14.9. The van der Waals surface area contributed by atoms with Crippen LogP contribution in [0.3, 0.4) is 0 Å². The third-order valence-electron chi connectivity index (χ3n) is 5.14. The summed E-state index contributed by atoms with van der Waals surface area (Å²) in [5, 5.41) is 11.4. The summed E-state index contributed by atoms with van der Waals surface area (Å²) in [4.78, 5) is 9.44. The van der Waals surface area contributed by atoms with Gasteiger partial charge in [0.2, 0.25) is 0 Å². The minimum absolute atomic E-state index is 0.552. The summed E-state index contributed by atoms with van der Waals surface area (Å²) in [6, 6.07) is 6.26. The Kier molecular flexibility index (Phi) is 4.85. The van der Waals surface area contributed by atoms with Crippen molar-refractivity contribution in [3.8, 4) is 0 Å². The molecule has 0 unspecified atom stereocenters. The zero-order chi connectivity index (χ0) is 17.1. The van der Waals surface area contributed by atoms with E-state index in [2.05, 4.69) is 48.3 Å². The Hall–Kier alpha value is -2.12. The first-order valence-corrected chi connectivity index (χ1v) is 9.13. The van der Waals surface area contributed by atoms with Gasteiger partial charge in [0, 0.05) is 76.1 Å². The van der Waals surface area contributed by atoms with Crippen molar-refractivity contribution in [2.24, 2.45) is 5.92 Å². The van der Waals surface area contributed by atoms with E-state index in [0.29, 0.717) is 5.92 Å². The Bertz CT molecular complexity index is 690. The van der Waals surface area contributed by atoms with Crippen LogP contribution in [0.25, 0.3) is 0 Å². The Balaban J connectivity index is 1.33. The summed E-state index contributed by atoms with van der Waals surface area (Å²) in [7, 11) is 2.18. The smallest absolute Gasteiger partial charge is 0.133 e. The highest BCUT2D eigenvalue weighted by Gasteiger charge is 2.20. The van der Waals surface area contributed by atoms with Crippen LogP contribution in [0.4, 0.5) is 11.6 Å². The maximum Gasteiger partial charge on any atom is 0.133 e. The predicted molar refractivity (Wildman–Crippen MR) is 99.9 cm³/mol. The third-order valence-corrected chi connectivity index (χ3v) is 5.14. The molecule has 2 aromatic heterocycles. The van der Waals surface area contributed by atoms with Gasteiger partial charge in [-0.05, 0) is 13.1 Å². The molecule has 0 aliphatic carbocycles. The number of pyridine rings is 1. The normalized spacial score (nSPS) is 21.0. The summed E-state index contributed by atoms with van der Waals surface area (Å²) in [5.41, 5.74) is 1.29. The van der Waals surface area contributed by atoms with Gasteiger partial charge in [-0.2, -0.15) is 5.10 Å². The topological polar surface area (TPSA) is 61.2 Å². The van der Waals surface area contributed by atoms with E-state index in [-0.39, 0.29) is 0 Å². The van der Waals surface area contributed by atoms with Gasteiger partial charge in [0.1, 0.15) is 11.6 Å². The molecule has 1 fully saturated rings. The summed E-state index contributed by atoms with van der Waals surface area (Å²) < 4.78 is 2.05. The van der Waals surface area contributed by atoms with Crippen molar-refractivity contribution in [1.29, 1.82) is 0 Å². The molecule has 2 aromatic rings. The van der Waals surface area contributed by atoms with Crippen molar-refractivity contribution in [3.63, 3.8) is 0 Å². The molecule has 1 atom stereocenters. The summed E-state index contributed by atoms with van der Waals surface area (Å²) >= 11 is 0. The lowest BCUT2D eigenvalue weighted by Crippen LogP contribution is -2.45. The maximum atomic E-state index is 4.66. The zero-order valence-corrected chi connectivity index (χ0v) is 14.9. The Morgan fingerprint density at radius 1 is 1.20 bits per heavy atom. The van der Waals surface area contributed by atoms with E-state index in [1.165, 1.54) is 5.56 Å². The molecule has 7 nitrogen and oxygen atoms in total. The molecule has 25 heavy (non-hydrogen) atoms. The van der Waals surface area contributed by atoms with Gasteiger partial charge in [0.25, 0.3) is 0 Å². The number of nitrogens with zero attached hydrogens (tertiary/aromatic N) is 5. The molecule has 2 aliphatic heterocycles. The molecule has 2 aliphatic rings. The van der Waals surface area contributed by atoms with Crippen molar-refractivity contribution < 1.29 is 0 Å². The number of fused-ring (bicyclic) bond motifs is 1. The average Bonchev–Trinajstić information content (AvgIpc) is 3.11. The van der Waals surface area contributed by atoms with Gasteiger partial charge in [-0.1, -0.05) is 6.07 Å². The fraction of sp³-hybridized carbons (Fsp3) is 0.556. The minimum Gasteiger partial charge on any atom is -0.370 e. The summed E-state index contributed by atoms with van der Waals surface area (Å²) in [6.07, 6.45) is 3.76. The van der Waals surface area contributed by atoms with Crippen LogP contribution >= 0.6 is 0 Å². The second-order valence-corrected chi connectivity index (χ2v) is 7.05. The number of hydrogen-bond donors (Lipinski definition) is 2. The van der Waals surface area contributed by atoms with Gasteiger partial charge in [-0.25, -0.2) is 9.67 Å². The second-order valence-electron chi connectivity index (χ2n) is 7.05. The molecule has 4 rings (SSSR count). The fourth-order valence-corrected chi connectivity index (χ4v) is 3.61. The van der Waals surface area contributed by atoms with Crippen molar-refractivity contribution in [2.75, 3.05) is 56.5 Å². The van der Waals surface area contributed by atoms with Gasteiger partial charge >= 0.3 is 0 Å². The largest absolute Gasteiger partial charge is 0.370 e. The predicted octanol–water partition coefficient (Wildman–Crippen LogP) is 0.861. The van der Waals surface area contributed by atoms with Crippen molar-refractivity contribution in [2.45, 2.75) is 13.1 Å². The van der Waals surface area contributed by atoms with Gasteiger partial charge < -0.3 is 20.4 Å². The van der Waals surface area contributed by atoms with Gasteiger partial charge in [0.15, 0.2) is 0 Å². The third kappa shape index (κ3) is 3.77. The molecule has 0 spiro atoms. The van der Waals surface area contributed by atoms with Crippen molar-refractivity contribution >= 4 is 11.6 Å². The van der Waals surface area contributed by atoms with Crippen LogP contribution in [-0.2, 0) is 13.1 Å². The number of likely N-dealkylation sites (N-methyl/N-ethyl adjacent to an activating group) is 1. The summed E-state index contributed by atoms with van der Waals surface area (Å²) in [6.45, 7) is 8.11. The number of hydrogen-bond acceptors (Lipinski definition) is 6. The average molecular weight is 341 g/mol. The molecular formula is C18H27N7. The van der Waals surface area contributed by atoms with E-state index in [4.69, 9.17) is 0 Å². The van der Waals surface area contributed by atoms with Crippen LogP contribution in [-0.4, -0.2) is 66.0 Å². The van der Waals surface area contributed by atoms with Crippen LogP contribution in [0.2, 0.25) is 0 Å². The highest BCUT2D eigenvalue weighted by molar-refractivity contribution is 5.47. The number of aromatic nitrogens is 3. The van der Waals surface area contributed by atoms with Gasteiger partial charge in [0.05, 0.1) is 6.20 Å². The lowest BCUT2D eigenvalue weighted by Gasteiger charge is -2.34. The standard InChI is InChI=1S/C18H27N7/c1-23-7-9-24(10-8-23)18-16(3-2-5-20-18)13-19-11-15-12-21-17-4-6-22-25(17)14-15/h2-6,15,19,21H,7-14H2,1H3/t15-/m0/s1. The molecular weight excluding hydrogens is 314 g/mol. The van der Waals surface area contributed by atoms with E-state index in [1.807, 2.05) is 24.5 Å². The van der Waals surface area contributed by atoms with Crippen LogP contribution in [0, 0.1) is 5.92 Å². The first-order valence-electron chi connectivity index (χ1n) is 9.13. The molecule has 0 radical (unpaired) electrons. The lowest BCUT2D eigenvalue weighted by molar-refractivity contribution is 0.311. The molecule has 2 N–H and O–H groups in total. The second kappa shape index (κ2) is 7.41. The van der Waals surface area contributed by atoms with E-state index in [9.17, 15) is 0 Å². The molecule has 0 saturated carbocycles. The van der Waals surface area contributed by atoms with E-state index in [0.717, 1.165) is 64.0 Å². The molecule has 1 saturated heterocycles. The van der Waals surface area contributed by atoms with E-state index >= 15 is 0 Å². The SMILES string of the molecule is CN1CCN(c2ncccc2CNC[C@H]2CNc3ccnn3C2)CC1. The monoisotopic (exact) mass is 341 g/mol. The number of piperazine rings is 1.